The highest BCUT2D eigenvalue weighted by atomic mass is 16.3. The van der Waals surface area contributed by atoms with Gasteiger partial charge in [0.05, 0.1) is 17.2 Å². The number of aliphatic hydroxyl groups excluding tert-OH is 2. The Labute approximate surface area is 201 Å². The van der Waals surface area contributed by atoms with Crippen molar-refractivity contribution in [2.75, 3.05) is 33.1 Å². The van der Waals surface area contributed by atoms with E-state index in [2.05, 4.69) is 0 Å². The van der Waals surface area contributed by atoms with Crippen LogP contribution < -0.4 is 10.6 Å². The molecule has 1 unspecified atom stereocenters. The topological polar surface area (TPSA) is 188 Å². The van der Waals surface area contributed by atoms with Gasteiger partial charge in [0.25, 0.3) is 5.91 Å². The number of Topliss-reactive ketones (excluding diaryl/α,β-unsaturated/α-hetero) is 2. The van der Waals surface area contributed by atoms with Gasteiger partial charge >= 0.3 is 0 Å². The van der Waals surface area contributed by atoms with Crippen molar-refractivity contribution in [2.24, 2.45) is 17.6 Å². The molecule has 35 heavy (non-hydrogen) atoms. The summed E-state index contributed by atoms with van der Waals surface area (Å²) in [6.45, 7) is 0. The van der Waals surface area contributed by atoms with Gasteiger partial charge in [-0.25, -0.2) is 0 Å². The van der Waals surface area contributed by atoms with Crippen LogP contribution >= 0.6 is 0 Å². The third kappa shape index (κ3) is 3.07. The Morgan fingerprint density at radius 3 is 2.34 bits per heavy atom. The number of primary amides is 1. The van der Waals surface area contributed by atoms with Crippen LogP contribution in [-0.4, -0.2) is 82.6 Å². The molecule has 11 nitrogen and oxygen atoms in total. The van der Waals surface area contributed by atoms with Gasteiger partial charge in [0, 0.05) is 31.3 Å². The molecule has 0 aromatic heterocycles. The molecule has 0 heterocycles. The molecule has 4 atom stereocenters. The van der Waals surface area contributed by atoms with Gasteiger partial charge < -0.3 is 31.1 Å². The number of amides is 1. The van der Waals surface area contributed by atoms with Crippen LogP contribution in [0.25, 0.3) is 0 Å². The van der Waals surface area contributed by atoms with Gasteiger partial charge in [-0.05, 0) is 44.5 Å². The normalized spacial score (nSPS) is 27.9. The number of aliphatic hydroxyl groups is 3. The molecule has 0 bridgehead atoms. The fourth-order valence-corrected chi connectivity index (χ4v) is 5.78. The third-order valence-corrected chi connectivity index (χ3v) is 7.30. The predicted octanol–water partition coefficient (Wildman–Crippen LogP) is 0.0583. The molecule has 3 aliphatic rings. The molecule has 0 fully saturated rings. The van der Waals surface area contributed by atoms with Gasteiger partial charge in [-0.3, -0.25) is 19.3 Å². The first kappa shape index (κ1) is 24.3. The SMILES string of the molecule is CN(C)c1cc(C#N)c(O)c2c1C[C@H]1C[C@H]3[C@H](N(C)C)C(O)=C(C(N)=O)C(=O)C3(O)C(O)=C1C2=O. The molecule has 6 N–H and O–H groups in total. The molecule has 0 aliphatic heterocycles. The van der Waals surface area contributed by atoms with Crippen molar-refractivity contribution in [2.45, 2.75) is 24.5 Å². The van der Waals surface area contributed by atoms with Crippen molar-refractivity contribution in [3.05, 3.63) is 45.4 Å². The summed E-state index contributed by atoms with van der Waals surface area (Å²) in [5.74, 6) is -7.28. The highest BCUT2D eigenvalue weighted by Crippen LogP contribution is 2.53. The summed E-state index contributed by atoms with van der Waals surface area (Å²) in [5, 5.41) is 53.8. The van der Waals surface area contributed by atoms with Gasteiger partial charge in [-0.15, -0.1) is 0 Å². The lowest BCUT2D eigenvalue weighted by Crippen LogP contribution is -2.63. The summed E-state index contributed by atoms with van der Waals surface area (Å²) in [6, 6.07) is 2.26. The fourth-order valence-electron chi connectivity index (χ4n) is 5.78. The molecule has 4 rings (SSSR count). The molecular formula is C24H26N4O7. The van der Waals surface area contributed by atoms with E-state index < -0.39 is 63.8 Å². The van der Waals surface area contributed by atoms with Crippen LogP contribution in [0.1, 0.15) is 27.9 Å². The first-order valence-electron chi connectivity index (χ1n) is 10.9. The van der Waals surface area contributed by atoms with Gasteiger partial charge in [-0.2, -0.15) is 5.26 Å². The minimum atomic E-state index is -2.70. The monoisotopic (exact) mass is 482 g/mol. The number of fused-ring (bicyclic) bond motifs is 3. The number of rotatable bonds is 3. The molecule has 0 saturated heterocycles. The zero-order chi connectivity index (χ0) is 26.1. The number of phenols is 1. The Morgan fingerprint density at radius 1 is 1.20 bits per heavy atom. The van der Waals surface area contributed by atoms with Crippen LogP contribution in [0.2, 0.25) is 0 Å². The number of allylic oxidation sites excluding steroid dienone is 1. The van der Waals surface area contributed by atoms with E-state index in [1.165, 1.54) is 11.0 Å². The van der Waals surface area contributed by atoms with Crippen LogP contribution in [0, 0.1) is 23.2 Å². The molecular weight excluding hydrogens is 456 g/mol. The van der Waals surface area contributed by atoms with E-state index in [4.69, 9.17) is 5.73 Å². The number of likely N-dealkylation sites (N-methyl/N-ethyl adjacent to an activating group) is 1. The smallest absolute Gasteiger partial charge is 0.255 e. The van der Waals surface area contributed by atoms with Crippen LogP contribution in [0.15, 0.2) is 28.7 Å². The van der Waals surface area contributed by atoms with E-state index in [0.29, 0.717) is 11.3 Å². The van der Waals surface area contributed by atoms with Crippen molar-refractivity contribution in [3.8, 4) is 11.8 Å². The second-order valence-corrected chi connectivity index (χ2v) is 9.61. The third-order valence-electron chi connectivity index (χ3n) is 7.30. The van der Waals surface area contributed by atoms with E-state index in [1.54, 1.807) is 33.1 Å². The number of phenolic OH excluding ortho intramolecular Hbond substituents is 1. The number of nitrogens with two attached hydrogens (primary N) is 1. The Kier molecular flexibility index (Phi) is 5.42. The van der Waals surface area contributed by atoms with E-state index in [-0.39, 0.29) is 29.5 Å². The minimum absolute atomic E-state index is 0.000601. The number of hydrogen-bond acceptors (Lipinski definition) is 10. The molecule has 184 valence electrons. The van der Waals surface area contributed by atoms with Crippen LogP contribution in [0.3, 0.4) is 0 Å². The van der Waals surface area contributed by atoms with Crippen molar-refractivity contribution >= 4 is 23.2 Å². The summed E-state index contributed by atoms with van der Waals surface area (Å²) >= 11 is 0. The lowest BCUT2D eigenvalue weighted by molar-refractivity contribution is -0.148. The van der Waals surface area contributed by atoms with Crippen LogP contribution in [0.5, 0.6) is 5.75 Å². The number of anilines is 1. The first-order chi connectivity index (χ1) is 16.3. The lowest BCUT2D eigenvalue weighted by atomic mass is 9.58. The first-order valence-corrected chi connectivity index (χ1v) is 10.9. The maximum absolute atomic E-state index is 13.7. The Hall–Kier alpha value is -3.88. The molecule has 1 aromatic carbocycles. The maximum atomic E-state index is 13.7. The van der Waals surface area contributed by atoms with E-state index in [9.17, 15) is 40.1 Å². The largest absolute Gasteiger partial charge is 0.510 e. The van der Waals surface area contributed by atoms with Gasteiger partial charge in [0.15, 0.2) is 11.4 Å². The number of aromatic hydroxyl groups is 1. The molecule has 0 spiro atoms. The standard InChI is InChI=1S/C24H26N4O7/c1-27(2)13-7-10(8-25)18(29)15-11(13)5-9-6-12-17(28(3)4)20(31)16(23(26)34)22(33)24(12,35)21(32)14(9)19(15)30/h7,9,12,17,29,31-32,35H,5-6H2,1-4H3,(H2,26,34)/t9-,12-,17-,24?/m0/s1. The average Bonchev–Trinajstić information content (AvgIpc) is 2.75. The number of ketones is 2. The fraction of sp³-hybridized carbons (Fsp3) is 0.417. The Morgan fingerprint density at radius 2 is 1.83 bits per heavy atom. The number of hydrogen-bond donors (Lipinski definition) is 5. The van der Waals surface area contributed by atoms with E-state index in [1.807, 2.05) is 6.07 Å². The zero-order valence-corrected chi connectivity index (χ0v) is 19.7. The number of carbonyl (C=O) groups excluding carboxylic acids is 3. The second kappa shape index (κ2) is 7.83. The summed E-state index contributed by atoms with van der Waals surface area (Å²) in [4.78, 5) is 42.1. The molecule has 11 heteroatoms. The Bertz CT molecular complexity index is 1300. The maximum Gasteiger partial charge on any atom is 0.255 e. The molecule has 1 amide bonds. The molecule has 3 aliphatic carbocycles. The number of nitrogens with zero attached hydrogens (tertiary/aromatic N) is 3. The molecule has 0 saturated carbocycles. The molecule has 1 aromatic rings. The van der Waals surface area contributed by atoms with E-state index >= 15 is 0 Å². The summed E-state index contributed by atoms with van der Waals surface area (Å²) < 4.78 is 0. The lowest BCUT2D eigenvalue weighted by Gasteiger charge is -2.50. The van der Waals surface area contributed by atoms with Crippen molar-refractivity contribution < 1.29 is 34.8 Å². The van der Waals surface area contributed by atoms with Crippen LogP contribution in [-0.2, 0) is 16.0 Å². The second-order valence-electron chi connectivity index (χ2n) is 9.61. The number of benzene rings is 1. The number of nitriles is 1. The summed E-state index contributed by atoms with van der Waals surface area (Å²) in [5.41, 5.74) is 2.16. The zero-order valence-electron chi connectivity index (χ0n) is 19.7. The van der Waals surface area contributed by atoms with Gasteiger partial charge in [-0.1, -0.05) is 0 Å². The van der Waals surface area contributed by atoms with Crippen molar-refractivity contribution in [3.63, 3.8) is 0 Å². The highest BCUT2D eigenvalue weighted by Gasteiger charge is 2.63. The highest BCUT2D eigenvalue weighted by molar-refractivity contribution is 6.25. The minimum Gasteiger partial charge on any atom is -0.510 e. The summed E-state index contributed by atoms with van der Waals surface area (Å²) in [6.07, 6.45) is 0.153. The van der Waals surface area contributed by atoms with E-state index in [0.717, 1.165) is 0 Å². The van der Waals surface area contributed by atoms with Crippen molar-refractivity contribution in [1.29, 1.82) is 5.26 Å². The quantitative estimate of drug-likeness (QED) is 0.368. The predicted molar refractivity (Wildman–Crippen MR) is 123 cm³/mol. The Balaban J connectivity index is 2.01. The van der Waals surface area contributed by atoms with Gasteiger partial charge in [0.2, 0.25) is 5.78 Å². The summed E-state index contributed by atoms with van der Waals surface area (Å²) in [7, 11) is 6.57. The van der Waals surface area contributed by atoms with Gasteiger partial charge in [0.1, 0.15) is 28.9 Å². The molecule has 0 radical (unpaired) electrons. The average molecular weight is 482 g/mol. The number of carbonyl (C=O) groups is 3. The van der Waals surface area contributed by atoms with Crippen LogP contribution in [0.4, 0.5) is 5.69 Å². The van der Waals surface area contributed by atoms with Crippen molar-refractivity contribution in [1.82, 2.24) is 4.90 Å².